The highest BCUT2D eigenvalue weighted by atomic mass is 19.1. The maximum absolute atomic E-state index is 13.2. The zero-order valence-corrected chi connectivity index (χ0v) is 11.1. The Hall–Kier alpha value is -2.02. The second-order valence-corrected chi connectivity index (χ2v) is 4.96. The molecule has 0 spiro atoms. The van der Waals surface area contributed by atoms with Gasteiger partial charge in [0.2, 0.25) is 5.91 Å². The predicted octanol–water partition coefficient (Wildman–Crippen LogP) is 1.49. The summed E-state index contributed by atoms with van der Waals surface area (Å²) in [5, 5.41) is 16.4. The molecule has 1 aliphatic rings. The first-order valence-electron chi connectivity index (χ1n) is 6.43. The summed E-state index contributed by atoms with van der Waals surface area (Å²) < 4.78 is 13.2. The number of benzene rings is 1. The standard InChI is InChI=1S/C13H16FN3O3/c1-8(13(18)16-11-2-3-11)15-7-9-4-10(14)6-12(5-9)17(19)20/h4-6,8,11,15H,2-3,7H2,1H3,(H,16,18). The Morgan fingerprint density at radius 2 is 2.20 bits per heavy atom. The number of carbonyl (C=O) groups is 1. The molecule has 1 aromatic rings. The average Bonchev–Trinajstić information content (AvgIpc) is 3.19. The van der Waals surface area contributed by atoms with Crippen LogP contribution in [0.1, 0.15) is 25.3 Å². The first-order valence-corrected chi connectivity index (χ1v) is 6.43. The lowest BCUT2D eigenvalue weighted by Crippen LogP contribution is -2.42. The summed E-state index contributed by atoms with van der Waals surface area (Å²) in [6, 6.07) is 3.22. The van der Waals surface area contributed by atoms with Crippen LogP contribution in [0, 0.1) is 15.9 Å². The number of carbonyl (C=O) groups excluding carboxylic acids is 1. The van der Waals surface area contributed by atoms with E-state index < -0.39 is 16.8 Å². The molecule has 1 aliphatic carbocycles. The third-order valence-electron chi connectivity index (χ3n) is 3.08. The maximum Gasteiger partial charge on any atom is 0.272 e. The second-order valence-electron chi connectivity index (χ2n) is 4.96. The van der Waals surface area contributed by atoms with Gasteiger partial charge in [0.15, 0.2) is 0 Å². The molecule has 1 amide bonds. The Labute approximate surface area is 115 Å². The summed E-state index contributed by atoms with van der Waals surface area (Å²) in [5.41, 5.74) is 0.139. The van der Waals surface area contributed by atoms with Gasteiger partial charge in [-0.25, -0.2) is 4.39 Å². The quantitative estimate of drug-likeness (QED) is 0.611. The molecule has 0 heterocycles. The van der Waals surface area contributed by atoms with Crippen LogP contribution in [0.5, 0.6) is 0 Å². The molecular weight excluding hydrogens is 265 g/mol. The van der Waals surface area contributed by atoms with E-state index in [-0.39, 0.29) is 24.2 Å². The van der Waals surface area contributed by atoms with Gasteiger partial charge in [-0.1, -0.05) is 0 Å². The predicted molar refractivity (Wildman–Crippen MR) is 70.5 cm³/mol. The Kier molecular flexibility index (Phi) is 4.29. The molecule has 20 heavy (non-hydrogen) atoms. The van der Waals surface area contributed by atoms with E-state index in [4.69, 9.17) is 0 Å². The molecule has 2 N–H and O–H groups in total. The molecule has 7 heteroatoms. The molecule has 1 saturated carbocycles. The summed E-state index contributed by atoms with van der Waals surface area (Å²) in [6.45, 7) is 1.89. The van der Waals surface area contributed by atoms with Crippen molar-refractivity contribution in [2.75, 3.05) is 0 Å². The molecule has 2 rings (SSSR count). The Morgan fingerprint density at radius 3 is 2.80 bits per heavy atom. The second kappa shape index (κ2) is 5.96. The molecule has 0 radical (unpaired) electrons. The number of nitrogens with zero attached hydrogens (tertiary/aromatic N) is 1. The van der Waals surface area contributed by atoms with E-state index in [2.05, 4.69) is 10.6 Å². The number of halogens is 1. The lowest BCUT2D eigenvalue weighted by atomic mass is 10.2. The minimum absolute atomic E-state index is 0.113. The lowest BCUT2D eigenvalue weighted by molar-refractivity contribution is -0.385. The highest BCUT2D eigenvalue weighted by Gasteiger charge is 2.25. The van der Waals surface area contributed by atoms with E-state index in [0.29, 0.717) is 5.56 Å². The SMILES string of the molecule is CC(NCc1cc(F)cc([N+](=O)[O-])c1)C(=O)NC1CC1. The zero-order valence-electron chi connectivity index (χ0n) is 11.1. The topological polar surface area (TPSA) is 84.3 Å². The van der Waals surface area contributed by atoms with E-state index >= 15 is 0 Å². The van der Waals surface area contributed by atoms with Crippen LogP contribution < -0.4 is 10.6 Å². The monoisotopic (exact) mass is 281 g/mol. The summed E-state index contributed by atoms with van der Waals surface area (Å²) in [4.78, 5) is 21.7. The molecular formula is C13H16FN3O3. The van der Waals surface area contributed by atoms with Crippen molar-refractivity contribution in [1.29, 1.82) is 0 Å². The minimum atomic E-state index is -0.661. The van der Waals surface area contributed by atoms with Crippen molar-refractivity contribution in [2.45, 2.75) is 38.4 Å². The van der Waals surface area contributed by atoms with E-state index in [1.54, 1.807) is 6.92 Å². The fourth-order valence-electron chi connectivity index (χ4n) is 1.76. The fourth-order valence-corrected chi connectivity index (χ4v) is 1.76. The molecule has 6 nitrogen and oxygen atoms in total. The van der Waals surface area contributed by atoms with Crippen molar-refractivity contribution in [3.05, 3.63) is 39.7 Å². The molecule has 1 aromatic carbocycles. The number of amides is 1. The van der Waals surface area contributed by atoms with Gasteiger partial charge in [-0.2, -0.15) is 0 Å². The number of hydrogen-bond donors (Lipinski definition) is 2. The van der Waals surface area contributed by atoms with Crippen molar-refractivity contribution in [1.82, 2.24) is 10.6 Å². The zero-order chi connectivity index (χ0) is 14.7. The Bertz CT molecular complexity index is 532. The molecule has 1 fully saturated rings. The highest BCUT2D eigenvalue weighted by molar-refractivity contribution is 5.81. The van der Waals surface area contributed by atoms with Crippen LogP contribution in [0.4, 0.5) is 10.1 Å². The van der Waals surface area contributed by atoms with Crippen molar-refractivity contribution in [3.8, 4) is 0 Å². The lowest BCUT2D eigenvalue weighted by Gasteiger charge is -2.13. The van der Waals surface area contributed by atoms with E-state index in [1.807, 2.05) is 0 Å². The first-order chi connectivity index (χ1) is 9.45. The smallest absolute Gasteiger partial charge is 0.272 e. The summed E-state index contributed by atoms with van der Waals surface area (Å²) in [5.74, 6) is -0.774. The first kappa shape index (κ1) is 14.4. The van der Waals surface area contributed by atoms with Gasteiger partial charge in [-0.3, -0.25) is 14.9 Å². The summed E-state index contributed by atoms with van der Waals surface area (Å²) in [6.07, 6.45) is 2.02. The van der Waals surface area contributed by atoms with Crippen LogP contribution in [0.2, 0.25) is 0 Å². The van der Waals surface area contributed by atoms with Crippen LogP contribution >= 0.6 is 0 Å². The largest absolute Gasteiger partial charge is 0.352 e. The molecule has 0 saturated heterocycles. The third-order valence-corrected chi connectivity index (χ3v) is 3.08. The normalized spacial score (nSPS) is 15.7. The highest BCUT2D eigenvalue weighted by Crippen LogP contribution is 2.19. The Morgan fingerprint density at radius 1 is 1.50 bits per heavy atom. The van der Waals surface area contributed by atoms with Gasteiger partial charge in [0, 0.05) is 18.7 Å². The summed E-state index contributed by atoms with van der Waals surface area (Å²) >= 11 is 0. The van der Waals surface area contributed by atoms with Crippen molar-refractivity contribution in [2.24, 2.45) is 0 Å². The van der Waals surface area contributed by atoms with E-state index in [1.165, 1.54) is 12.1 Å². The van der Waals surface area contributed by atoms with Crippen LogP contribution in [0.3, 0.4) is 0 Å². The van der Waals surface area contributed by atoms with Gasteiger partial charge in [-0.05, 0) is 31.4 Å². The molecule has 0 aromatic heterocycles. The van der Waals surface area contributed by atoms with E-state index in [0.717, 1.165) is 18.9 Å². The number of nitrogens with one attached hydrogen (secondary N) is 2. The maximum atomic E-state index is 13.2. The molecule has 1 unspecified atom stereocenters. The van der Waals surface area contributed by atoms with Gasteiger partial charge >= 0.3 is 0 Å². The molecule has 108 valence electrons. The number of nitro benzene ring substituents is 1. The fraction of sp³-hybridized carbons (Fsp3) is 0.462. The Balaban J connectivity index is 1.92. The van der Waals surface area contributed by atoms with Crippen molar-refractivity contribution >= 4 is 11.6 Å². The van der Waals surface area contributed by atoms with E-state index in [9.17, 15) is 19.3 Å². The summed E-state index contributed by atoms with van der Waals surface area (Å²) in [7, 11) is 0. The average molecular weight is 281 g/mol. The van der Waals surface area contributed by atoms with Crippen molar-refractivity contribution < 1.29 is 14.1 Å². The van der Waals surface area contributed by atoms with Crippen LogP contribution in [0.15, 0.2) is 18.2 Å². The molecule has 0 bridgehead atoms. The number of rotatable bonds is 6. The van der Waals surface area contributed by atoms with Gasteiger partial charge in [-0.15, -0.1) is 0 Å². The van der Waals surface area contributed by atoms with Crippen LogP contribution in [-0.2, 0) is 11.3 Å². The van der Waals surface area contributed by atoms with Gasteiger partial charge in [0.1, 0.15) is 5.82 Å². The third kappa shape index (κ3) is 3.99. The van der Waals surface area contributed by atoms with Gasteiger partial charge in [0.25, 0.3) is 5.69 Å². The molecule has 0 aliphatic heterocycles. The number of non-ortho nitro benzene ring substituents is 1. The number of hydrogen-bond acceptors (Lipinski definition) is 4. The van der Waals surface area contributed by atoms with Crippen LogP contribution in [0.25, 0.3) is 0 Å². The van der Waals surface area contributed by atoms with Crippen LogP contribution in [-0.4, -0.2) is 22.9 Å². The number of nitro groups is 1. The van der Waals surface area contributed by atoms with Gasteiger partial charge < -0.3 is 10.6 Å². The molecule has 1 atom stereocenters. The minimum Gasteiger partial charge on any atom is -0.352 e. The van der Waals surface area contributed by atoms with Gasteiger partial charge in [0.05, 0.1) is 17.0 Å². The van der Waals surface area contributed by atoms with Crippen molar-refractivity contribution in [3.63, 3.8) is 0 Å².